The molecule has 8 nitrogen and oxygen atoms in total. The van der Waals surface area contributed by atoms with Crippen LogP contribution >= 0.6 is 0 Å². The second-order valence-corrected chi connectivity index (χ2v) is 13.4. The standard InChI is InChI=1S/C37H43N3O5S/c1-6-29(4)38-37(42)34(24-30-14-8-7-9-15-30)39(25-31-16-12-13-28(3)23-31)36(41)26-40(33-17-10-11-18-35(33)45-5)46(43,44)32-21-19-27(2)20-22-32/h7-23,29,34H,6,24-26H2,1-5H3,(H,38,42)/t29-,34+/m1/s1. The van der Waals surface area contributed by atoms with Crippen molar-refractivity contribution >= 4 is 27.5 Å². The van der Waals surface area contributed by atoms with Crippen molar-refractivity contribution in [1.82, 2.24) is 10.2 Å². The number of para-hydroxylation sites is 2. The van der Waals surface area contributed by atoms with E-state index in [9.17, 15) is 18.0 Å². The first-order chi connectivity index (χ1) is 22.0. The quantitative estimate of drug-likeness (QED) is 0.181. The molecule has 0 unspecified atom stereocenters. The third kappa shape index (κ3) is 8.54. The number of anilines is 1. The van der Waals surface area contributed by atoms with E-state index in [1.807, 2.05) is 82.3 Å². The Kier molecular flexibility index (Phi) is 11.6. The second kappa shape index (κ2) is 15.6. The van der Waals surface area contributed by atoms with Gasteiger partial charge in [-0.15, -0.1) is 0 Å². The number of ether oxygens (including phenoxy) is 1. The van der Waals surface area contributed by atoms with E-state index < -0.39 is 28.5 Å². The van der Waals surface area contributed by atoms with Gasteiger partial charge in [-0.25, -0.2) is 8.42 Å². The third-order valence-electron chi connectivity index (χ3n) is 7.95. The highest BCUT2D eigenvalue weighted by Gasteiger charge is 2.35. The summed E-state index contributed by atoms with van der Waals surface area (Å²) in [6.07, 6.45) is 0.964. The van der Waals surface area contributed by atoms with Gasteiger partial charge in [0.1, 0.15) is 18.3 Å². The molecule has 0 aromatic heterocycles. The van der Waals surface area contributed by atoms with Gasteiger partial charge in [0.15, 0.2) is 0 Å². The Morgan fingerprint density at radius 3 is 2.13 bits per heavy atom. The SMILES string of the molecule is CC[C@@H](C)NC(=O)[C@H](Cc1ccccc1)N(Cc1cccc(C)c1)C(=O)CN(c1ccccc1OC)S(=O)(=O)c1ccc(C)cc1. The molecule has 2 atom stereocenters. The molecule has 46 heavy (non-hydrogen) atoms. The lowest BCUT2D eigenvalue weighted by Crippen LogP contribution is -2.54. The van der Waals surface area contributed by atoms with E-state index in [-0.39, 0.29) is 35.5 Å². The predicted molar refractivity (Wildman–Crippen MR) is 182 cm³/mol. The van der Waals surface area contributed by atoms with Crippen LogP contribution < -0.4 is 14.4 Å². The molecule has 0 heterocycles. The Hall–Kier alpha value is -4.63. The fourth-order valence-electron chi connectivity index (χ4n) is 5.19. The first-order valence-corrected chi connectivity index (χ1v) is 16.9. The molecule has 0 spiro atoms. The Morgan fingerprint density at radius 1 is 0.826 bits per heavy atom. The fourth-order valence-corrected chi connectivity index (χ4v) is 6.61. The van der Waals surface area contributed by atoms with Gasteiger partial charge < -0.3 is 15.0 Å². The van der Waals surface area contributed by atoms with E-state index in [4.69, 9.17) is 4.74 Å². The van der Waals surface area contributed by atoms with Crippen LogP contribution in [0, 0.1) is 13.8 Å². The van der Waals surface area contributed by atoms with Crippen molar-refractivity contribution in [2.45, 2.75) is 64.1 Å². The first-order valence-electron chi connectivity index (χ1n) is 15.4. The number of carbonyl (C=O) groups excluding carboxylic acids is 2. The number of sulfonamides is 1. The predicted octanol–water partition coefficient (Wildman–Crippen LogP) is 6.06. The molecule has 0 aliphatic rings. The minimum absolute atomic E-state index is 0.0392. The van der Waals surface area contributed by atoms with Crippen LogP contribution in [0.4, 0.5) is 5.69 Å². The lowest BCUT2D eigenvalue weighted by Gasteiger charge is -2.34. The van der Waals surface area contributed by atoms with E-state index in [0.29, 0.717) is 12.2 Å². The minimum Gasteiger partial charge on any atom is -0.495 e. The van der Waals surface area contributed by atoms with E-state index in [0.717, 1.165) is 26.6 Å². The molecular weight excluding hydrogens is 598 g/mol. The number of carbonyl (C=O) groups is 2. The summed E-state index contributed by atoms with van der Waals surface area (Å²) >= 11 is 0. The summed E-state index contributed by atoms with van der Waals surface area (Å²) in [6.45, 7) is 7.29. The Bertz CT molecular complexity index is 1730. The van der Waals surface area contributed by atoms with Gasteiger partial charge in [-0.3, -0.25) is 13.9 Å². The van der Waals surface area contributed by atoms with Crippen molar-refractivity contribution in [3.8, 4) is 5.75 Å². The van der Waals surface area contributed by atoms with Crippen molar-refractivity contribution in [3.63, 3.8) is 0 Å². The van der Waals surface area contributed by atoms with Gasteiger partial charge in [0.2, 0.25) is 11.8 Å². The number of hydrogen-bond acceptors (Lipinski definition) is 5. The van der Waals surface area contributed by atoms with Crippen LogP contribution in [0.3, 0.4) is 0 Å². The van der Waals surface area contributed by atoms with Crippen LogP contribution in [-0.4, -0.2) is 50.9 Å². The zero-order valence-electron chi connectivity index (χ0n) is 27.1. The van der Waals surface area contributed by atoms with E-state index in [2.05, 4.69) is 5.32 Å². The molecule has 0 saturated heterocycles. The fraction of sp³-hybridized carbons (Fsp3) is 0.297. The summed E-state index contributed by atoms with van der Waals surface area (Å²) < 4.78 is 35.2. The highest BCUT2D eigenvalue weighted by Crippen LogP contribution is 2.33. The van der Waals surface area contributed by atoms with Crippen molar-refractivity contribution < 1.29 is 22.7 Å². The Balaban J connectivity index is 1.84. The van der Waals surface area contributed by atoms with Gasteiger partial charge in [0, 0.05) is 19.0 Å². The van der Waals surface area contributed by atoms with Gasteiger partial charge in [-0.1, -0.05) is 96.9 Å². The first kappa shape index (κ1) is 34.2. The molecule has 2 amide bonds. The van der Waals surface area contributed by atoms with Crippen molar-refractivity contribution in [1.29, 1.82) is 0 Å². The minimum atomic E-state index is -4.23. The van der Waals surface area contributed by atoms with Gasteiger partial charge in [0.25, 0.3) is 10.0 Å². The number of rotatable bonds is 14. The average molecular weight is 642 g/mol. The zero-order chi connectivity index (χ0) is 33.3. The molecular formula is C37H43N3O5S. The van der Waals surface area contributed by atoms with Crippen LogP contribution in [0.1, 0.15) is 42.5 Å². The Labute approximate surface area is 273 Å². The molecule has 4 rings (SSSR count). The van der Waals surface area contributed by atoms with Crippen LogP contribution in [0.5, 0.6) is 5.75 Å². The summed E-state index contributed by atoms with van der Waals surface area (Å²) in [7, 11) is -2.78. The average Bonchev–Trinajstić information content (AvgIpc) is 3.05. The van der Waals surface area contributed by atoms with Gasteiger partial charge >= 0.3 is 0 Å². The lowest BCUT2D eigenvalue weighted by atomic mass is 10.0. The van der Waals surface area contributed by atoms with Crippen molar-refractivity contribution in [2.24, 2.45) is 0 Å². The molecule has 9 heteroatoms. The highest BCUT2D eigenvalue weighted by atomic mass is 32.2. The largest absolute Gasteiger partial charge is 0.495 e. The van der Waals surface area contributed by atoms with E-state index >= 15 is 0 Å². The molecule has 0 fully saturated rings. The molecule has 4 aromatic carbocycles. The normalized spacial score (nSPS) is 12.5. The molecule has 0 saturated carbocycles. The number of benzene rings is 4. The molecule has 0 bridgehead atoms. The summed E-state index contributed by atoms with van der Waals surface area (Å²) in [5.74, 6) is -0.528. The number of amides is 2. The van der Waals surface area contributed by atoms with Gasteiger partial charge in [0.05, 0.1) is 17.7 Å². The summed E-state index contributed by atoms with van der Waals surface area (Å²) in [4.78, 5) is 30.2. The maximum atomic E-state index is 14.6. The molecule has 4 aromatic rings. The van der Waals surface area contributed by atoms with Crippen LogP contribution in [-0.2, 0) is 32.6 Å². The highest BCUT2D eigenvalue weighted by molar-refractivity contribution is 7.92. The van der Waals surface area contributed by atoms with Gasteiger partial charge in [-0.2, -0.15) is 0 Å². The number of nitrogens with one attached hydrogen (secondary N) is 1. The molecule has 0 aliphatic carbocycles. The maximum absolute atomic E-state index is 14.6. The van der Waals surface area contributed by atoms with E-state index in [1.54, 1.807) is 36.4 Å². The van der Waals surface area contributed by atoms with Crippen molar-refractivity contribution in [2.75, 3.05) is 18.0 Å². The number of methoxy groups -OCH3 is 1. The van der Waals surface area contributed by atoms with Crippen LogP contribution in [0.25, 0.3) is 0 Å². The molecule has 242 valence electrons. The van der Waals surface area contributed by atoms with Gasteiger partial charge in [-0.05, 0) is 62.6 Å². The monoisotopic (exact) mass is 641 g/mol. The summed E-state index contributed by atoms with van der Waals surface area (Å²) in [5, 5.41) is 3.06. The maximum Gasteiger partial charge on any atom is 0.264 e. The van der Waals surface area contributed by atoms with Crippen LogP contribution in [0.2, 0.25) is 0 Å². The molecule has 0 aliphatic heterocycles. The topological polar surface area (TPSA) is 96.0 Å². The number of nitrogens with zero attached hydrogens (tertiary/aromatic N) is 2. The lowest BCUT2D eigenvalue weighted by molar-refractivity contribution is -0.140. The number of aryl methyl sites for hydroxylation is 2. The zero-order valence-corrected chi connectivity index (χ0v) is 28.0. The molecule has 0 radical (unpaired) electrons. The van der Waals surface area contributed by atoms with Crippen LogP contribution in [0.15, 0.2) is 108 Å². The molecule has 1 N–H and O–H groups in total. The summed E-state index contributed by atoms with van der Waals surface area (Å²) in [5.41, 5.74) is 3.83. The third-order valence-corrected chi connectivity index (χ3v) is 9.72. The smallest absolute Gasteiger partial charge is 0.264 e. The van der Waals surface area contributed by atoms with E-state index in [1.165, 1.54) is 24.1 Å². The number of hydrogen-bond donors (Lipinski definition) is 1. The second-order valence-electron chi connectivity index (χ2n) is 11.5. The summed E-state index contributed by atoms with van der Waals surface area (Å²) in [6, 6.07) is 29.4. The van der Waals surface area contributed by atoms with Crippen molar-refractivity contribution in [3.05, 3.63) is 125 Å². The Morgan fingerprint density at radius 2 is 1.48 bits per heavy atom.